The van der Waals surface area contributed by atoms with Gasteiger partial charge in [0.1, 0.15) is 4.90 Å². The van der Waals surface area contributed by atoms with Crippen molar-refractivity contribution in [3.8, 4) is 11.5 Å². The molecule has 0 aliphatic carbocycles. The van der Waals surface area contributed by atoms with Crippen LogP contribution in [0.4, 0.5) is 5.69 Å². The average Bonchev–Trinajstić information content (AvgIpc) is 3.56. The third-order valence-corrected chi connectivity index (χ3v) is 8.20. The summed E-state index contributed by atoms with van der Waals surface area (Å²) in [6.07, 6.45) is 3.79. The standard InChI is InChI=1S/C24H31N3O5S/c1-31-21-9-7-8-19(23(21)32-2)17-25-24(28)18-10-11-20(26-12-3-4-13-26)22(16-18)33(29,30)27-14-5-6-15-27/h7-11,16H,3-6,12-15,17H2,1-2H3,(H,25,28). The Bertz CT molecular complexity index is 1110. The molecule has 2 aliphatic rings. The number of benzene rings is 2. The van der Waals surface area contributed by atoms with Gasteiger partial charge in [0.2, 0.25) is 10.0 Å². The van der Waals surface area contributed by atoms with Crippen molar-refractivity contribution in [1.82, 2.24) is 9.62 Å². The van der Waals surface area contributed by atoms with Gasteiger partial charge in [-0.1, -0.05) is 12.1 Å². The van der Waals surface area contributed by atoms with Crippen LogP contribution in [0.15, 0.2) is 41.3 Å². The molecule has 33 heavy (non-hydrogen) atoms. The van der Waals surface area contributed by atoms with E-state index in [1.54, 1.807) is 32.4 Å². The smallest absolute Gasteiger partial charge is 0.251 e. The Morgan fingerprint density at radius 2 is 1.67 bits per heavy atom. The summed E-state index contributed by atoms with van der Waals surface area (Å²) >= 11 is 0. The molecule has 2 aliphatic heterocycles. The van der Waals surface area contributed by atoms with Crippen LogP contribution in [-0.4, -0.2) is 59.0 Å². The third-order valence-electron chi connectivity index (χ3n) is 6.28. The van der Waals surface area contributed by atoms with Crippen LogP contribution in [0.5, 0.6) is 11.5 Å². The molecule has 178 valence electrons. The molecule has 0 saturated carbocycles. The van der Waals surface area contributed by atoms with Crippen LogP contribution >= 0.6 is 0 Å². The number of anilines is 1. The van der Waals surface area contributed by atoms with Gasteiger partial charge >= 0.3 is 0 Å². The highest BCUT2D eigenvalue weighted by molar-refractivity contribution is 7.89. The topological polar surface area (TPSA) is 88.2 Å². The lowest BCUT2D eigenvalue weighted by molar-refractivity contribution is 0.0950. The zero-order valence-corrected chi connectivity index (χ0v) is 20.0. The number of carbonyl (C=O) groups is 1. The fraction of sp³-hybridized carbons (Fsp3) is 0.458. The van der Waals surface area contributed by atoms with Gasteiger partial charge in [-0.15, -0.1) is 0 Å². The number of nitrogens with zero attached hydrogens (tertiary/aromatic N) is 2. The zero-order chi connectivity index (χ0) is 23.4. The monoisotopic (exact) mass is 473 g/mol. The summed E-state index contributed by atoms with van der Waals surface area (Å²) in [6.45, 7) is 2.91. The maximum Gasteiger partial charge on any atom is 0.251 e. The first kappa shape index (κ1) is 23.4. The molecule has 9 heteroatoms. The number of methoxy groups -OCH3 is 2. The van der Waals surface area contributed by atoms with E-state index >= 15 is 0 Å². The van der Waals surface area contributed by atoms with Gasteiger partial charge in [0.15, 0.2) is 11.5 Å². The molecule has 2 fully saturated rings. The molecule has 0 atom stereocenters. The molecule has 2 aromatic carbocycles. The van der Waals surface area contributed by atoms with Gasteiger partial charge in [0, 0.05) is 43.9 Å². The number of ether oxygens (including phenoxy) is 2. The summed E-state index contributed by atoms with van der Waals surface area (Å²) in [7, 11) is -0.563. The first-order valence-electron chi connectivity index (χ1n) is 11.3. The predicted molar refractivity (Wildman–Crippen MR) is 127 cm³/mol. The second kappa shape index (κ2) is 10.0. The summed E-state index contributed by atoms with van der Waals surface area (Å²) in [5.41, 5.74) is 1.77. The molecular formula is C24H31N3O5S. The fourth-order valence-corrected chi connectivity index (χ4v) is 6.27. The predicted octanol–water partition coefficient (Wildman–Crippen LogP) is 3.02. The summed E-state index contributed by atoms with van der Waals surface area (Å²) in [4.78, 5) is 15.3. The molecule has 2 heterocycles. The van der Waals surface area contributed by atoms with Crippen molar-refractivity contribution in [3.05, 3.63) is 47.5 Å². The van der Waals surface area contributed by atoms with Crippen molar-refractivity contribution in [2.45, 2.75) is 37.1 Å². The number of hydrogen-bond donors (Lipinski definition) is 1. The van der Waals surface area contributed by atoms with E-state index in [2.05, 4.69) is 10.2 Å². The van der Waals surface area contributed by atoms with Crippen molar-refractivity contribution in [3.63, 3.8) is 0 Å². The number of hydrogen-bond acceptors (Lipinski definition) is 6. The van der Waals surface area contributed by atoms with Gasteiger partial charge in [-0.25, -0.2) is 8.42 Å². The van der Waals surface area contributed by atoms with E-state index in [4.69, 9.17) is 9.47 Å². The SMILES string of the molecule is COc1cccc(CNC(=O)c2ccc(N3CCCC3)c(S(=O)(=O)N3CCCC3)c2)c1OC. The number of sulfonamides is 1. The molecule has 2 saturated heterocycles. The largest absolute Gasteiger partial charge is 0.493 e. The molecule has 0 spiro atoms. The Morgan fingerprint density at radius 3 is 2.33 bits per heavy atom. The average molecular weight is 474 g/mol. The second-order valence-corrected chi connectivity index (χ2v) is 10.2. The van der Waals surface area contributed by atoms with Crippen LogP contribution in [0.2, 0.25) is 0 Å². The molecule has 1 N–H and O–H groups in total. The highest BCUT2D eigenvalue weighted by Gasteiger charge is 2.32. The van der Waals surface area contributed by atoms with Crippen LogP contribution in [0.1, 0.15) is 41.6 Å². The summed E-state index contributed by atoms with van der Waals surface area (Å²) in [6, 6.07) is 10.5. The lowest BCUT2D eigenvalue weighted by atomic mass is 10.1. The molecule has 0 unspecified atom stereocenters. The van der Waals surface area contributed by atoms with Crippen LogP contribution in [-0.2, 0) is 16.6 Å². The second-order valence-electron chi connectivity index (χ2n) is 8.32. The minimum absolute atomic E-state index is 0.220. The quantitative estimate of drug-likeness (QED) is 0.634. The highest BCUT2D eigenvalue weighted by Crippen LogP contribution is 2.33. The Kier molecular flexibility index (Phi) is 7.09. The first-order valence-corrected chi connectivity index (χ1v) is 12.8. The van der Waals surface area contributed by atoms with Crippen molar-refractivity contribution >= 4 is 21.6 Å². The Labute approximate surface area is 195 Å². The third kappa shape index (κ3) is 4.79. The normalized spacial score (nSPS) is 16.7. The molecule has 2 aromatic rings. The fourth-order valence-electron chi connectivity index (χ4n) is 4.52. The van der Waals surface area contributed by atoms with Gasteiger partial charge in [-0.2, -0.15) is 4.31 Å². The summed E-state index contributed by atoms with van der Waals surface area (Å²) in [5, 5.41) is 2.88. The minimum atomic E-state index is -3.67. The number of nitrogens with one attached hydrogen (secondary N) is 1. The van der Waals surface area contributed by atoms with Crippen molar-refractivity contribution < 1.29 is 22.7 Å². The molecule has 1 amide bonds. The highest BCUT2D eigenvalue weighted by atomic mass is 32.2. The summed E-state index contributed by atoms with van der Waals surface area (Å²) in [5.74, 6) is 0.797. The number of carbonyl (C=O) groups excluding carboxylic acids is 1. The van der Waals surface area contributed by atoms with E-state index < -0.39 is 10.0 Å². The van der Waals surface area contributed by atoms with Crippen molar-refractivity contribution in [2.24, 2.45) is 0 Å². The Balaban J connectivity index is 1.61. The van der Waals surface area contributed by atoms with Crippen molar-refractivity contribution in [2.75, 3.05) is 45.3 Å². The lowest BCUT2D eigenvalue weighted by Crippen LogP contribution is -2.31. The zero-order valence-electron chi connectivity index (χ0n) is 19.2. The molecule has 0 radical (unpaired) electrons. The molecular weight excluding hydrogens is 442 g/mol. The first-order chi connectivity index (χ1) is 16.0. The van der Waals surface area contributed by atoms with E-state index in [-0.39, 0.29) is 17.3 Å². The van der Waals surface area contributed by atoms with Gasteiger partial charge in [-0.05, 0) is 49.9 Å². The van der Waals surface area contributed by atoms with Gasteiger partial charge in [0.25, 0.3) is 5.91 Å². The molecule has 8 nitrogen and oxygen atoms in total. The van der Waals surface area contributed by atoms with Crippen LogP contribution < -0.4 is 19.7 Å². The Hall–Kier alpha value is -2.78. The molecule has 0 bridgehead atoms. The Morgan fingerprint density at radius 1 is 0.970 bits per heavy atom. The lowest BCUT2D eigenvalue weighted by Gasteiger charge is -2.24. The van der Waals surface area contributed by atoms with Crippen LogP contribution in [0, 0.1) is 0 Å². The summed E-state index contributed by atoms with van der Waals surface area (Å²) < 4.78 is 39.2. The maximum absolute atomic E-state index is 13.5. The number of para-hydroxylation sites is 1. The molecule has 0 aromatic heterocycles. The van der Waals surface area contributed by atoms with E-state index in [0.717, 1.165) is 44.3 Å². The van der Waals surface area contributed by atoms with E-state index in [0.29, 0.717) is 35.8 Å². The molecule has 4 rings (SSSR count). The van der Waals surface area contributed by atoms with Gasteiger partial charge in [-0.3, -0.25) is 4.79 Å². The van der Waals surface area contributed by atoms with Crippen molar-refractivity contribution in [1.29, 1.82) is 0 Å². The van der Waals surface area contributed by atoms with E-state index in [1.165, 1.54) is 10.4 Å². The maximum atomic E-state index is 13.5. The van der Waals surface area contributed by atoms with Gasteiger partial charge < -0.3 is 19.7 Å². The van der Waals surface area contributed by atoms with Crippen LogP contribution in [0.3, 0.4) is 0 Å². The minimum Gasteiger partial charge on any atom is -0.493 e. The number of amides is 1. The number of rotatable bonds is 8. The van der Waals surface area contributed by atoms with E-state index in [9.17, 15) is 13.2 Å². The van der Waals surface area contributed by atoms with Crippen LogP contribution in [0.25, 0.3) is 0 Å². The van der Waals surface area contributed by atoms with Gasteiger partial charge in [0.05, 0.1) is 19.9 Å². The van der Waals surface area contributed by atoms with E-state index in [1.807, 2.05) is 12.1 Å².